The van der Waals surface area contributed by atoms with Gasteiger partial charge in [-0.25, -0.2) is 4.98 Å². The molecular weight excluding hydrogens is 230 g/mol. The maximum absolute atomic E-state index is 4.32. The first-order valence-electron chi connectivity index (χ1n) is 5.76. The maximum atomic E-state index is 4.32. The first-order valence-corrected chi connectivity index (χ1v) is 6.99. The molecule has 0 unspecified atom stereocenters. The molecule has 0 aliphatic rings. The molecule has 0 aliphatic heterocycles. The molecule has 1 N–H and O–H groups in total. The van der Waals surface area contributed by atoms with Crippen LogP contribution >= 0.6 is 11.8 Å². The Bertz CT molecular complexity index is 462. The van der Waals surface area contributed by atoms with Crippen molar-refractivity contribution in [3.8, 4) is 5.69 Å². The summed E-state index contributed by atoms with van der Waals surface area (Å²) in [4.78, 5) is 5.59. The average molecular weight is 247 g/mol. The fourth-order valence-electron chi connectivity index (χ4n) is 1.62. The summed E-state index contributed by atoms with van der Waals surface area (Å²) in [6.07, 6.45) is 6.98. The van der Waals surface area contributed by atoms with Crippen molar-refractivity contribution in [1.29, 1.82) is 0 Å². The molecule has 0 aliphatic carbocycles. The fourth-order valence-corrected chi connectivity index (χ4v) is 2.03. The lowest BCUT2D eigenvalue weighted by molar-refractivity contribution is 0.936. The van der Waals surface area contributed by atoms with E-state index in [1.165, 1.54) is 4.90 Å². The number of thioether (sulfide) groups is 1. The van der Waals surface area contributed by atoms with E-state index in [0.29, 0.717) is 0 Å². The Morgan fingerprint density at radius 1 is 1.29 bits per heavy atom. The summed E-state index contributed by atoms with van der Waals surface area (Å²) in [6.45, 7) is 3.09. The normalized spacial score (nSPS) is 10.5. The van der Waals surface area contributed by atoms with Crippen molar-refractivity contribution in [3.63, 3.8) is 0 Å². The van der Waals surface area contributed by atoms with Gasteiger partial charge in [0, 0.05) is 29.5 Å². The van der Waals surface area contributed by atoms with Gasteiger partial charge in [-0.2, -0.15) is 0 Å². The first kappa shape index (κ1) is 12.0. The lowest BCUT2D eigenvalue weighted by Crippen LogP contribution is -2.06. The van der Waals surface area contributed by atoms with E-state index in [0.717, 1.165) is 24.6 Å². The highest BCUT2D eigenvalue weighted by atomic mass is 32.2. The lowest BCUT2D eigenvalue weighted by Gasteiger charge is -2.09. The van der Waals surface area contributed by atoms with Crippen molar-refractivity contribution in [2.24, 2.45) is 0 Å². The topological polar surface area (TPSA) is 29.9 Å². The summed E-state index contributed by atoms with van der Waals surface area (Å²) >= 11 is 1.75. The van der Waals surface area contributed by atoms with Crippen molar-refractivity contribution in [2.75, 3.05) is 18.1 Å². The molecule has 1 heterocycles. The van der Waals surface area contributed by atoms with Crippen LogP contribution in [0.4, 0.5) is 5.95 Å². The Morgan fingerprint density at radius 3 is 2.71 bits per heavy atom. The van der Waals surface area contributed by atoms with Crippen LogP contribution in [0.2, 0.25) is 0 Å². The summed E-state index contributed by atoms with van der Waals surface area (Å²) in [5.74, 6) is 0.906. The highest BCUT2D eigenvalue weighted by Gasteiger charge is 2.03. The van der Waals surface area contributed by atoms with Crippen LogP contribution in [0.3, 0.4) is 0 Å². The predicted octanol–water partition coefficient (Wildman–Crippen LogP) is 3.42. The Hall–Kier alpha value is -1.42. The second-order valence-electron chi connectivity index (χ2n) is 3.75. The highest BCUT2D eigenvalue weighted by molar-refractivity contribution is 7.98. The molecule has 3 nitrogen and oxygen atoms in total. The molecule has 1 aromatic heterocycles. The number of hydrogen-bond acceptors (Lipinski definition) is 3. The van der Waals surface area contributed by atoms with Gasteiger partial charge in [-0.1, -0.05) is 6.92 Å². The van der Waals surface area contributed by atoms with Crippen LogP contribution < -0.4 is 5.32 Å². The van der Waals surface area contributed by atoms with Gasteiger partial charge in [0.15, 0.2) is 0 Å². The number of benzene rings is 1. The Kier molecular flexibility index (Phi) is 4.09. The second kappa shape index (κ2) is 5.77. The number of nitrogens with zero attached hydrogens (tertiary/aromatic N) is 2. The molecule has 2 aromatic rings. The van der Waals surface area contributed by atoms with Crippen molar-refractivity contribution < 1.29 is 0 Å². The molecule has 0 saturated heterocycles. The third-order valence-electron chi connectivity index (χ3n) is 2.52. The van der Waals surface area contributed by atoms with E-state index >= 15 is 0 Å². The highest BCUT2D eigenvalue weighted by Crippen LogP contribution is 2.19. The van der Waals surface area contributed by atoms with E-state index in [-0.39, 0.29) is 0 Å². The van der Waals surface area contributed by atoms with Crippen molar-refractivity contribution >= 4 is 17.7 Å². The van der Waals surface area contributed by atoms with Crippen LogP contribution in [0.15, 0.2) is 41.6 Å². The number of aromatic nitrogens is 2. The second-order valence-corrected chi connectivity index (χ2v) is 4.63. The predicted molar refractivity (Wildman–Crippen MR) is 74.1 cm³/mol. The number of imidazole rings is 1. The van der Waals surface area contributed by atoms with Gasteiger partial charge in [0.25, 0.3) is 0 Å². The summed E-state index contributed by atoms with van der Waals surface area (Å²) in [5.41, 5.74) is 1.14. The Morgan fingerprint density at radius 2 is 2.06 bits per heavy atom. The van der Waals surface area contributed by atoms with Gasteiger partial charge < -0.3 is 5.32 Å². The van der Waals surface area contributed by atoms with Crippen LogP contribution in [0.5, 0.6) is 0 Å². The molecule has 90 valence electrons. The zero-order valence-electron chi connectivity index (χ0n) is 10.2. The molecule has 0 radical (unpaired) electrons. The van der Waals surface area contributed by atoms with E-state index in [1.54, 1.807) is 11.8 Å². The van der Waals surface area contributed by atoms with Gasteiger partial charge >= 0.3 is 0 Å². The fraction of sp³-hybridized carbons (Fsp3) is 0.308. The number of nitrogens with one attached hydrogen (secondary N) is 1. The quantitative estimate of drug-likeness (QED) is 0.821. The third-order valence-corrected chi connectivity index (χ3v) is 3.27. The van der Waals surface area contributed by atoms with Crippen LogP contribution in [0, 0.1) is 0 Å². The van der Waals surface area contributed by atoms with Crippen LogP contribution in [0.25, 0.3) is 5.69 Å². The van der Waals surface area contributed by atoms with Crippen molar-refractivity contribution in [1.82, 2.24) is 9.55 Å². The van der Waals surface area contributed by atoms with Crippen LogP contribution in [0.1, 0.15) is 13.3 Å². The molecule has 0 bridgehead atoms. The molecule has 0 amide bonds. The number of rotatable bonds is 5. The number of hydrogen-bond donors (Lipinski definition) is 1. The van der Waals surface area contributed by atoms with Gasteiger partial charge in [-0.05, 0) is 36.9 Å². The molecule has 0 fully saturated rings. The molecule has 0 spiro atoms. The zero-order chi connectivity index (χ0) is 12.1. The smallest absolute Gasteiger partial charge is 0.207 e. The van der Waals surface area contributed by atoms with Gasteiger partial charge in [-0.3, -0.25) is 4.57 Å². The van der Waals surface area contributed by atoms with Gasteiger partial charge in [-0.15, -0.1) is 11.8 Å². The zero-order valence-corrected chi connectivity index (χ0v) is 11.0. The molecular formula is C13H17N3S. The van der Waals surface area contributed by atoms with Gasteiger partial charge in [0.1, 0.15) is 0 Å². The summed E-state index contributed by atoms with van der Waals surface area (Å²) in [7, 11) is 0. The van der Waals surface area contributed by atoms with E-state index < -0.39 is 0 Å². The monoisotopic (exact) mass is 247 g/mol. The minimum absolute atomic E-state index is 0.906. The SMILES string of the molecule is CCCNc1nccn1-c1ccc(SC)cc1. The average Bonchev–Trinajstić information content (AvgIpc) is 2.84. The Balaban J connectivity index is 2.23. The van der Waals surface area contributed by atoms with Gasteiger partial charge in [0.05, 0.1) is 0 Å². The largest absolute Gasteiger partial charge is 0.355 e. The summed E-state index contributed by atoms with van der Waals surface area (Å²) in [5, 5.41) is 3.32. The van der Waals surface area contributed by atoms with E-state index in [1.807, 2.05) is 12.4 Å². The molecule has 0 atom stereocenters. The maximum Gasteiger partial charge on any atom is 0.207 e. The van der Waals surface area contributed by atoms with E-state index in [4.69, 9.17) is 0 Å². The van der Waals surface area contributed by atoms with Crippen LogP contribution in [-0.4, -0.2) is 22.4 Å². The Labute approximate surface area is 106 Å². The first-order chi connectivity index (χ1) is 8.35. The minimum atomic E-state index is 0.906. The summed E-state index contributed by atoms with van der Waals surface area (Å²) < 4.78 is 2.07. The standard InChI is InChI=1S/C13H17N3S/c1-3-8-14-13-15-9-10-16(13)11-4-6-12(17-2)7-5-11/h4-7,9-10H,3,8H2,1-2H3,(H,14,15). The molecule has 17 heavy (non-hydrogen) atoms. The number of anilines is 1. The molecule has 2 rings (SSSR count). The van der Waals surface area contributed by atoms with Crippen LogP contribution in [-0.2, 0) is 0 Å². The van der Waals surface area contributed by atoms with Gasteiger partial charge in [0.2, 0.25) is 5.95 Å². The molecule has 4 heteroatoms. The molecule has 0 saturated carbocycles. The molecule has 1 aromatic carbocycles. The van der Waals surface area contributed by atoms with Crippen molar-refractivity contribution in [2.45, 2.75) is 18.2 Å². The van der Waals surface area contributed by atoms with E-state index in [9.17, 15) is 0 Å². The van der Waals surface area contributed by atoms with Crippen molar-refractivity contribution in [3.05, 3.63) is 36.7 Å². The lowest BCUT2D eigenvalue weighted by atomic mass is 10.3. The van der Waals surface area contributed by atoms with E-state index in [2.05, 4.69) is 52.3 Å². The third kappa shape index (κ3) is 2.82. The minimum Gasteiger partial charge on any atom is -0.355 e. The summed E-state index contributed by atoms with van der Waals surface area (Å²) in [6, 6.07) is 8.49.